The Morgan fingerprint density at radius 2 is 1.77 bits per heavy atom. The zero-order valence-electron chi connectivity index (χ0n) is 27.5. The number of benzene rings is 1. The molecule has 0 spiro atoms. The second-order valence-corrected chi connectivity index (χ2v) is 14.4. The number of hydrogen-bond donors (Lipinski definition) is 2. The number of piperidine rings is 1. The van der Waals surface area contributed by atoms with Crippen LogP contribution in [0.2, 0.25) is 5.15 Å². The van der Waals surface area contributed by atoms with Crippen LogP contribution >= 0.6 is 11.6 Å². The molecule has 5 heterocycles. The van der Waals surface area contributed by atoms with Crippen molar-refractivity contribution in [2.45, 2.75) is 72.1 Å². The van der Waals surface area contributed by atoms with Gasteiger partial charge in [-0.2, -0.15) is 0 Å². The van der Waals surface area contributed by atoms with Crippen molar-refractivity contribution in [2.24, 2.45) is 5.41 Å². The lowest BCUT2D eigenvalue weighted by molar-refractivity contribution is -0.160. The third kappa shape index (κ3) is 7.01. The zero-order valence-corrected chi connectivity index (χ0v) is 28.3. The Balaban J connectivity index is 1.39. The van der Waals surface area contributed by atoms with Crippen LogP contribution in [-0.2, 0) is 22.5 Å². The first kappa shape index (κ1) is 32.6. The monoisotopic (exact) mass is 656 g/mol. The molecule has 2 aliphatic heterocycles. The minimum Gasteiger partial charge on any atom is -0.479 e. The van der Waals surface area contributed by atoms with Gasteiger partial charge in [0.25, 0.3) is 0 Å². The van der Waals surface area contributed by atoms with Crippen LogP contribution in [0.1, 0.15) is 70.3 Å². The molecule has 47 heavy (non-hydrogen) atoms. The van der Waals surface area contributed by atoms with Crippen LogP contribution < -0.4 is 15.5 Å². The number of pyridine rings is 1. The van der Waals surface area contributed by atoms with E-state index in [2.05, 4.69) is 55.7 Å². The molecular formula is C35H41ClN8O3. The molecule has 1 unspecified atom stereocenters. The van der Waals surface area contributed by atoms with Crippen LogP contribution in [0.25, 0.3) is 22.5 Å². The Hall–Kier alpha value is -4.35. The predicted octanol–water partition coefficient (Wildman–Crippen LogP) is 6.36. The number of fused-ring (bicyclic) bond motifs is 1. The second kappa shape index (κ2) is 12.7. The molecule has 4 aromatic rings. The number of nitrogens with two attached hydrogens (primary N) is 1. The van der Waals surface area contributed by atoms with Gasteiger partial charge in [0.2, 0.25) is 5.95 Å². The van der Waals surface area contributed by atoms with E-state index < -0.39 is 17.7 Å². The number of carboxylic acids is 1. The van der Waals surface area contributed by atoms with E-state index in [9.17, 15) is 9.90 Å². The lowest BCUT2D eigenvalue weighted by Crippen LogP contribution is -2.39. The van der Waals surface area contributed by atoms with E-state index in [0.717, 1.165) is 49.2 Å². The number of aliphatic carboxylic acids is 1. The van der Waals surface area contributed by atoms with Crippen LogP contribution in [0.3, 0.4) is 0 Å². The number of halogens is 1. The van der Waals surface area contributed by atoms with Crippen molar-refractivity contribution < 1.29 is 14.6 Å². The van der Waals surface area contributed by atoms with E-state index in [1.54, 1.807) is 24.8 Å². The molecule has 0 aliphatic carbocycles. The highest BCUT2D eigenvalue weighted by molar-refractivity contribution is 6.31. The lowest BCUT2D eigenvalue weighted by Gasteiger charge is -2.41. The van der Waals surface area contributed by atoms with E-state index in [-0.39, 0.29) is 16.4 Å². The minimum atomic E-state index is -1.33. The molecule has 6 rings (SSSR count). The van der Waals surface area contributed by atoms with Gasteiger partial charge in [0, 0.05) is 50.3 Å². The first-order chi connectivity index (χ1) is 22.3. The van der Waals surface area contributed by atoms with Crippen molar-refractivity contribution in [3.8, 4) is 22.5 Å². The molecule has 2 aliphatic rings. The van der Waals surface area contributed by atoms with Crippen molar-refractivity contribution in [1.82, 2.24) is 24.9 Å². The third-order valence-electron chi connectivity index (χ3n) is 8.84. The quantitative estimate of drug-likeness (QED) is 0.214. The summed E-state index contributed by atoms with van der Waals surface area (Å²) in [6.45, 7) is 12.8. The molecular weight excluding hydrogens is 616 g/mol. The highest BCUT2D eigenvalue weighted by Gasteiger charge is 2.37. The number of ether oxygens (including phenoxy) is 1. The van der Waals surface area contributed by atoms with Gasteiger partial charge in [-0.3, -0.25) is 9.97 Å². The number of anilines is 3. The van der Waals surface area contributed by atoms with E-state index in [1.165, 1.54) is 5.56 Å². The fourth-order valence-electron chi connectivity index (χ4n) is 6.30. The number of carboxylic acid groups (broad SMARTS) is 1. The van der Waals surface area contributed by atoms with Gasteiger partial charge in [-0.05, 0) is 68.2 Å². The summed E-state index contributed by atoms with van der Waals surface area (Å²) < 4.78 is 6.13. The fourth-order valence-corrected chi connectivity index (χ4v) is 6.58. The highest BCUT2D eigenvalue weighted by Crippen LogP contribution is 2.47. The Morgan fingerprint density at radius 3 is 2.45 bits per heavy atom. The van der Waals surface area contributed by atoms with Gasteiger partial charge < -0.3 is 25.4 Å². The van der Waals surface area contributed by atoms with Gasteiger partial charge in [0.05, 0.1) is 28.7 Å². The van der Waals surface area contributed by atoms with Crippen LogP contribution in [0.4, 0.5) is 17.5 Å². The number of nitrogens with zero attached hydrogens (tertiary/aromatic N) is 7. The van der Waals surface area contributed by atoms with Gasteiger partial charge in [0.1, 0.15) is 16.7 Å². The van der Waals surface area contributed by atoms with E-state index in [1.807, 2.05) is 32.9 Å². The van der Waals surface area contributed by atoms with Crippen LogP contribution in [0, 0.1) is 5.41 Å². The molecule has 3 aromatic heterocycles. The maximum Gasteiger partial charge on any atom is 0.337 e. The Kier molecular flexibility index (Phi) is 8.80. The summed E-state index contributed by atoms with van der Waals surface area (Å²) in [7, 11) is 0. The first-order valence-corrected chi connectivity index (χ1v) is 16.3. The van der Waals surface area contributed by atoms with E-state index >= 15 is 0 Å². The summed E-state index contributed by atoms with van der Waals surface area (Å²) in [5.41, 5.74) is 12.4. The summed E-state index contributed by atoms with van der Waals surface area (Å²) in [4.78, 5) is 39.5. The van der Waals surface area contributed by atoms with Crippen molar-refractivity contribution in [1.29, 1.82) is 0 Å². The summed E-state index contributed by atoms with van der Waals surface area (Å²) in [6, 6.07) is 8.10. The Bertz CT molecular complexity index is 1780. The lowest BCUT2D eigenvalue weighted by atomic mass is 9.82. The maximum absolute atomic E-state index is 12.8. The van der Waals surface area contributed by atoms with Gasteiger partial charge in [0.15, 0.2) is 6.10 Å². The van der Waals surface area contributed by atoms with Crippen LogP contribution in [0.5, 0.6) is 0 Å². The molecule has 1 aromatic carbocycles. The fraction of sp³-hybridized carbons (Fsp3) is 0.429. The SMILES string of the molecule is CC1(C)CCN(c2c(-c3ccc4c(c3)CCN(c3nccc(-c5cnccn5)n3)C4)c(N)nc(Cl)c2C(OC(C)(C)C)C(=O)O)CC1. The smallest absolute Gasteiger partial charge is 0.337 e. The summed E-state index contributed by atoms with van der Waals surface area (Å²) >= 11 is 6.79. The van der Waals surface area contributed by atoms with Crippen LogP contribution in [-0.4, -0.2) is 61.2 Å². The molecule has 1 saturated heterocycles. The number of carbonyl (C=O) groups is 1. The summed E-state index contributed by atoms with van der Waals surface area (Å²) in [5, 5.41) is 10.5. The number of nitrogen functional groups attached to an aromatic ring is 1. The van der Waals surface area contributed by atoms with Gasteiger partial charge in [-0.25, -0.2) is 19.7 Å². The van der Waals surface area contributed by atoms with Crippen molar-refractivity contribution >= 4 is 35.0 Å². The molecule has 3 N–H and O–H groups in total. The highest BCUT2D eigenvalue weighted by atomic mass is 35.5. The molecule has 0 bridgehead atoms. The normalized spacial score (nSPS) is 16.9. The Morgan fingerprint density at radius 1 is 1.00 bits per heavy atom. The number of aromatic nitrogens is 5. The molecule has 1 atom stereocenters. The molecule has 0 amide bonds. The summed E-state index contributed by atoms with van der Waals surface area (Å²) in [6.07, 6.45) is 8.01. The third-order valence-corrected chi connectivity index (χ3v) is 9.13. The predicted molar refractivity (Wildman–Crippen MR) is 183 cm³/mol. The standard InChI is InChI=1S/C35H41ClN8O3/c1-34(2,3)47-29(32(45)46)27-28(43-16-10-35(4,5)11-17-43)26(31(37)42-30(27)36)22-6-7-23-20-44(15-9-21(23)18-22)33-40-12-8-24(41-33)25-19-38-13-14-39-25/h6-8,12-14,18-19,29H,9-11,15-17,20H2,1-5H3,(H2,37,42)(H,45,46). The van der Waals surface area contributed by atoms with Gasteiger partial charge in [-0.1, -0.05) is 43.6 Å². The van der Waals surface area contributed by atoms with Crippen molar-refractivity contribution in [3.05, 3.63) is 70.9 Å². The Labute approximate surface area is 280 Å². The van der Waals surface area contributed by atoms with Crippen molar-refractivity contribution in [3.63, 3.8) is 0 Å². The second-order valence-electron chi connectivity index (χ2n) is 14.0. The minimum absolute atomic E-state index is 0.0417. The van der Waals surface area contributed by atoms with Gasteiger partial charge >= 0.3 is 5.97 Å². The maximum atomic E-state index is 12.8. The molecule has 11 nitrogen and oxygen atoms in total. The molecule has 246 valence electrons. The van der Waals surface area contributed by atoms with Crippen LogP contribution in [0.15, 0.2) is 49.1 Å². The van der Waals surface area contributed by atoms with E-state index in [0.29, 0.717) is 41.5 Å². The zero-order chi connectivity index (χ0) is 33.5. The largest absolute Gasteiger partial charge is 0.479 e. The summed E-state index contributed by atoms with van der Waals surface area (Å²) in [5.74, 6) is -0.244. The number of rotatable bonds is 7. The van der Waals surface area contributed by atoms with Crippen molar-refractivity contribution in [2.75, 3.05) is 35.2 Å². The number of hydrogen-bond acceptors (Lipinski definition) is 10. The molecule has 0 radical (unpaired) electrons. The average molecular weight is 657 g/mol. The van der Waals surface area contributed by atoms with Gasteiger partial charge in [-0.15, -0.1) is 0 Å². The average Bonchev–Trinajstić information content (AvgIpc) is 3.03. The molecule has 12 heteroatoms. The van der Waals surface area contributed by atoms with E-state index in [4.69, 9.17) is 27.1 Å². The first-order valence-electron chi connectivity index (χ1n) is 15.9. The topological polar surface area (TPSA) is 143 Å². The molecule has 1 fully saturated rings. The molecule has 0 saturated carbocycles.